The number of furan rings is 1. The lowest BCUT2D eigenvalue weighted by molar-refractivity contribution is 0.0878. The first-order chi connectivity index (χ1) is 10.5. The second kappa shape index (κ2) is 6.91. The molecule has 1 aromatic heterocycles. The van der Waals surface area contributed by atoms with Crippen LogP contribution in [-0.2, 0) is 14.8 Å². The Hall–Kier alpha value is -1.90. The van der Waals surface area contributed by atoms with Gasteiger partial charge in [-0.3, -0.25) is 0 Å². The summed E-state index contributed by atoms with van der Waals surface area (Å²) in [6.07, 6.45) is 0.891. The van der Waals surface area contributed by atoms with Gasteiger partial charge in [-0.15, -0.1) is 0 Å². The Kier molecular flexibility index (Phi) is 5.17. The van der Waals surface area contributed by atoms with Gasteiger partial charge in [0.1, 0.15) is 11.9 Å². The Labute approximate surface area is 127 Å². The molecule has 0 fully saturated rings. The van der Waals surface area contributed by atoms with Gasteiger partial charge in [0.25, 0.3) is 0 Å². The third-order valence-corrected chi connectivity index (χ3v) is 4.46. The third-order valence-electron chi connectivity index (χ3n) is 3.04. The van der Waals surface area contributed by atoms with Crippen LogP contribution in [0.2, 0.25) is 0 Å². The number of nitrogens with one attached hydrogen (secondary N) is 1. The second-order valence-electron chi connectivity index (χ2n) is 4.39. The molecule has 2 rings (SSSR count). The van der Waals surface area contributed by atoms with Crippen LogP contribution in [-0.4, -0.2) is 29.2 Å². The van der Waals surface area contributed by atoms with Crippen LogP contribution >= 0.6 is 0 Å². The summed E-state index contributed by atoms with van der Waals surface area (Å²) in [6.45, 7) is -0.0417. The van der Waals surface area contributed by atoms with Crippen molar-refractivity contribution in [2.24, 2.45) is 0 Å². The van der Waals surface area contributed by atoms with E-state index in [4.69, 9.17) is 13.9 Å². The van der Waals surface area contributed by atoms with E-state index in [1.54, 1.807) is 12.1 Å². The van der Waals surface area contributed by atoms with Crippen LogP contribution in [0.3, 0.4) is 0 Å². The van der Waals surface area contributed by atoms with E-state index < -0.39 is 21.9 Å². The van der Waals surface area contributed by atoms with E-state index in [0.29, 0.717) is 5.76 Å². The summed E-state index contributed by atoms with van der Waals surface area (Å²) in [7, 11) is -1.13. The number of hydrogen-bond donors (Lipinski definition) is 1. The van der Waals surface area contributed by atoms with Gasteiger partial charge in [-0.1, -0.05) is 0 Å². The maximum Gasteiger partial charge on any atom is 0.240 e. The van der Waals surface area contributed by atoms with Crippen molar-refractivity contribution in [3.63, 3.8) is 0 Å². The lowest BCUT2D eigenvalue weighted by Crippen LogP contribution is -2.29. The van der Waals surface area contributed by atoms with Crippen LogP contribution in [0.1, 0.15) is 11.9 Å². The highest BCUT2D eigenvalue weighted by Crippen LogP contribution is 2.21. The minimum atomic E-state index is -3.87. The van der Waals surface area contributed by atoms with Crippen LogP contribution < -0.4 is 9.46 Å². The fourth-order valence-electron chi connectivity index (χ4n) is 1.86. The topological polar surface area (TPSA) is 77.8 Å². The van der Waals surface area contributed by atoms with Gasteiger partial charge in [0.2, 0.25) is 10.0 Å². The molecular formula is C14H16FNO5S. The van der Waals surface area contributed by atoms with Crippen molar-refractivity contribution in [1.82, 2.24) is 4.72 Å². The monoisotopic (exact) mass is 329 g/mol. The lowest BCUT2D eigenvalue weighted by Gasteiger charge is -2.14. The standard InChI is InChI=1S/C14H16FNO5S/c1-19-12-6-5-10(8-11(12)15)22(17,18)16-9-14(20-2)13-4-3-7-21-13/h3-8,14,16H,9H2,1-2H3. The lowest BCUT2D eigenvalue weighted by atomic mass is 10.3. The molecule has 1 atom stereocenters. The summed E-state index contributed by atoms with van der Waals surface area (Å²) >= 11 is 0. The van der Waals surface area contributed by atoms with E-state index in [-0.39, 0.29) is 17.2 Å². The van der Waals surface area contributed by atoms with Gasteiger partial charge >= 0.3 is 0 Å². The van der Waals surface area contributed by atoms with Crippen molar-refractivity contribution >= 4 is 10.0 Å². The first kappa shape index (κ1) is 16.5. The van der Waals surface area contributed by atoms with E-state index in [1.165, 1.54) is 32.6 Å². The molecule has 22 heavy (non-hydrogen) atoms. The van der Waals surface area contributed by atoms with Crippen LogP contribution in [0.15, 0.2) is 45.9 Å². The zero-order chi connectivity index (χ0) is 16.2. The third kappa shape index (κ3) is 3.65. The molecule has 1 unspecified atom stereocenters. The molecule has 0 amide bonds. The van der Waals surface area contributed by atoms with Gasteiger partial charge in [0.15, 0.2) is 11.6 Å². The second-order valence-corrected chi connectivity index (χ2v) is 6.15. The maximum absolute atomic E-state index is 13.6. The first-order valence-electron chi connectivity index (χ1n) is 6.37. The van der Waals surface area contributed by atoms with Gasteiger partial charge in [0, 0.05) is 13.7 Å². The van der Waals surface area contributed by atoms with Crippen LogP contribution in [0.5, 0.6) is 5.75 Å². The fourth-order valence-corrected chi connectivity index (χ4v) is 2.90. The number of benzene rings is 1. The highest BCUT2D eigenvalue weighted by Gasteiger charge is 2.20. The van der Waals surface area contributed by atoms with Gasteiger partial charge < -0.3 is 13.9 Å². The Morgan fingerprint density at radius 1 is 1.32 bits per heavy atom. The highest BCUT2D eigenvalue weighted by molar-refractivity contribution is 7.89. The molecule has 1 heterocycles. The van der Waals surface area contributed by atoms with E-state index >= 15 is 0 Å². The fraction of sp³-hybridized carbons (Fsp3) is 0.286. The minimum Gasteiger partial charge on any atom is -0.494 e. The molecule has 0 aliphatic carbocycles. The van der Waals surface area contributed by atoms with Crippen molar-refractivity contribution in [1.29, 1.82) is 0 Å². The molecule has 0 saturated carbocycles. The molecule has 0 aliphatic rings. The summed E-state index contributed by atoms with van der Waals surface area (Å²) in [6, 6.07) is 6.77. The summed E-state index contributed by atoms with van der Waals surface area (Å²) in [4.78, 5) is -0.194. The predicted molar refractivity (Wildman–Crippen MR) is 76.6 cm³/mol. The average molecular weight is 329 g/mol. The first-order valence-corrected chi connectivity index (χ1v) is 7.85. The van der Waals surface area contributed by atoms with Crippen molar-refractivity contribution in [2.45, 2.75) is 11.0 Å². The largest absolute Gasteiger partial charge is 0.494 e. The van der Waals surface area contributed by atoms with Gasteiger partial charge in [-0.2, -0.15) is 0 Å². The summed E-state index contributed by atoms with van der Waals surface area (Å²) in [5.41, 5.74) is 0. The molecule has 0 radical (unpaired) electrons. The molecule has 2 aromatic rings. The number of ether oxygens (including phenoxy) is 2. The number of halogens is 1. The minimum absolute atomic E-state index is 0.0238. The van der Waals surface area contributed by atoms with Crippen molar-refractivity contribution < 1.29 is 26.7 Å². The summed E-state index contributed by atoms with van der Waals surface area (Å²) < 4.78 is 55.4. The molecule has 0 spiro atoms. The molecule has 120 valence electrons. The maximum atomic E-state index is 13.6. The molecule has 8 heteroatoms. The number of sulfonamides is 1. The molecule has 0 bridgehead atoms. The van der Waals surface area contributed by atoms with E-state index in [9.17, 15) is 12.8 Å². The zero-order valence-corrected chi connectivity index (χ0v) is 12.9. The highest BCUT2D eigenvalue weighted by atomic mass is 32.2. The van der Waals surface area contributed by atoms with Crippen molar-refractivity contribution in [3.05, 3.63) is 48.2 Å². The number of hydrogen-bond acceptors (Lipinski definition) is 5. The zero-order valence-electron chi connectivity index (χ0n) is 12.1. The predicted octanol–water partition coefficient (Wildman–Crippen LogP) is 2.09. The van der Waals surface area contributed by atoms with Crippen molar-refractivity contribution in [3.8, 4) is 5.75 Å². The Balaban J connectivity index is 2.12. The van der Waals surface area contributed by atoms with Gasteiger partial charge in [-0.05, 0) is 30.3 Å². The molecule has 0 aliphatic heterocycles. The molecule has 6 nitrogen and oxygen atoms in total. The van der Waals surface area contributed by atoms with Crippen LogP contribution in [0, 0.1) is 5.82 Å². The molecule has 0 saturated heterocycles. The smallest absolute Gasteiger partial charge is 0.240 e. The molecule has 1 aromatic carbocycles. The van der Waals surface area contributed by atoms with Gasteiger partial charge in [-0.25, -0.2) is 17.5 Å². The Bertz CT molecular complexity index is 715. The van der Waals surface area contributed by atoms with Crippen molar-refractivity contribution in [2.75, 3.05) is 20.8 Å². The number of rotatable bonds is 7. The SMILES string of the molecule is COc1ccc(S(=O)(=O)NCC(OC)c2ccco2)cc1F. The van der Waals surface area contributed by atoms with E-state index in [2.05, 4.69) is 4.72 Å². The quantitative estimate of drug-likeness (QED) is 0.841. The van der Waals surface area contributed by atoms with Crippen LogP contribution in [0.25, 0.3) is 0 Å². The number of methoxy groups -OCH3 is 2. The van der Waals surface area contributed by atoms with E-state index in [1.807, 2.05) is 0 Å². The Morgan fingerprint density at radius 3 is 2.64 bits per heavy atom. The summed E-state index contributed by atoms with van der Waals surface area (Å²) in [5, 5.41) is 0. The summed E-state index contributed by atoms with van der Waals surface area (Å²) in [5.74, 6) is -0.282. The van der Waals surface area contributed by atoms with Gasteiger partial charge in [0.05, 0.1) is 18.3 Å². The normalized spacial score (nSPS) is 13.0. The van der Waals surface area contributed by atoms with Crippen LogP contribution in [0.4, 0.5) is 4.39 Å². The molecule has 1 N–H and O–H groups in total. The van der Waals surface area contributed by atoms with E-state index in [0.717, 1.165) is 6.07 Å². The molecular weight excluding hydrogens is 313 g/mol. The Morgan fingerprint density at radius 2 is 2.09 bits per heavy atom. The average Bonchev–Trinajstić information content (AvgIpc) is 3.02.